The average molecular weight is 335 g/mol. The molecule has 0 aliphatic carbocycles. The SMILES string of the molecule is Cc1cc(S(N)(=O)=O)cc(NC(=O)C(C)Br)c1C. The van der Waals surface area contributed by atoms with Crippen molar-refractivity contribution in [2.45, 2.75) is 30.5 Å². The van der Waals surface area contributed by atoms with E-state index in [2.05, 4.69) is 21.2 Å². The van der Waals surface area contributed by atoms with Crippen molar-refractivity contribution in [3.63, 3.8) is 0 Å². The first kappa shape index (κ1) is 15.1. The van der Waals surface area contributed by atoms with Gasteiger partial charge in [0.2, 0.25) is 15.9 Å². The molecule has 18 heavy (non-hydrogen) atoms. The zero-order valence-electron chi connectivity index (χ0n) is 10.3. The molecule has 1 rings (SSSR count). The Bertz CT molecular complexity index is 582. The third kappa shape index (κ3) is 3.54. The smallest absolute Gasteiger partial charge is 0.238 e. The van der Waals surface area contributed by atoms with E-state index in [1.54, 1.807) is 20.8 Å². The molecule has 0 aliphatic heterocycles. The van der Waals surface area contributed by atoms with E-state index in [0.717, 1.165) is 11.1 Å². The highest BCUT2D eigenvalue weighted by Crippen LogP contribution is 2.24. The van der Waals surface area contributed by atoms with E-state index in [-0.39, 0.29) is 15.6 Å². The number of sulfonamides is 1. The number of alkyl halides is 1. The minimum atomic E-state index is -3.78. The van der Waals surface area contributed by atoms with Gasteiger partial charge in [-0.25, -0.2) is 13.6 Å². The van der Waals surface area contributed by atoms with E-state index in [4.69, 9.17) is 5.14 Å². The van der Waals surface area contributed by atoms with Crippen LogP contribution in [0.1, 0.15) is 18.1 Å². The largest absolute Gasteiger partial charge is 0.325 e. The van der Waals surface area contributed by atoms with Gasteiger partial charge in [-0.3, -0.25) is 4.79 Å². The number of primary sulfonamides is 1. The van der Waals surface area contributed by atoms with E-state index < -0.39 is 10.0 Å². The molecule has 1 amide bonds. The van der Waals surface area contributed by atoms with E-state index in [0.29, 0.717) is 5.69 Å². The number of nitrogens with two attached hydrogens (primary N) is 1. The van der Waals surface area contributed by atoms with Crippen LogP contribution in [0.15, 0.2) is 17.0 Å². The minimum Gasteiger partial charge on any atom is -0.325 e. The standard InChI is InChI=1S/C11H15BrN2O3S/c1-6-4-9(18(13,16)17)5-10(7(6)2)14-11(15)8(3)12/h4-5,8H,1-3H3,(H,14,15)(H2,13,16,17). The Morgan fingerprint density at radius 1 is 1.39 bits per heavy atom. The van der Waals surface area contributed by atoms with Crippen molar-refractivity contribution in [2.75, 3.05) is 5.32 Å². The lowest BCUT2D eigenvalue weighted by atomic mass is 10.1. The fraction of sp³-hybridized carbons (Fsp3) is 0.364. The molecule has 0 radical (unpaired) electrons. The number of rotatable bonds is 3. The first-order valence-electron chi connectivity index (χ1n) is 5.22. The Morgan fingerprint density at radius 2 is 1.94 bits per heavy atom. The van der Waals surface area contributed by atoms with Crippen LogP contribution < -0.4 is 10.5 Å². The van der Waals surface area contributed by atoms with Crippen LogP contribution in [0.4, 0.5) is 5.69 Å². The Balaban J connectivity index is 3.28. The van der Waals surface area contributed by atoms with Crippen molar-refractivity contribution in [3.8, 4) is 0 Å². The second-order valence-electron chi connectivity index (χ2n) is 4.06. The van der Waals surface area contributed by atoms with Gasteiger partial charge in [0.25, 0.3) is 0 Å². The van der Waals surface area contributed by atoms with Crippen LogP contribution in [-0.2, 0) is 14.8 Å². The van der Waals surface area contributed by atoms with Crippen LogP contribution >= 0.6 is 15.9 Å². The molecule has 1 aromatic rings. The summed E-state index contributed by atoms with van der Waals surface area (Å²) in [5, 5.41) is 7.74. The van der Waals surface area contributed by atoms with Crippen molar-refractivity contribution in [1.29, 1.82) is 0 Å². The number of halogens is 1. The summed E-state index contributed by atoms with van der Waals surface area (Å²) in [7, 11) is -3.78. The lowest BCUT2D eigenvalue weighted by Gasteiger charge is -2.13. The maximum atomic E-state index is 11.6. The quantitative estimate of drug-likeness (QED) is 0.824. The van der Waals surface area contributed by atoms with Gasteiger partial charge in [0, 0.05) is 5.69 Å². The third-order valence-corrected chi connectivity index (χ3v) is 3.90. The summed E-state index contributed by atoms with van der Waals surface area (Å²) < 4.78 is 22.6. The molecule has 100 valence electrons. The molecular weight excluding hydrogens is 320 g/mol. The molecular formula is C11H15BrN2O3S. The Morgan fingerprint density at radius 3 is 2.39 bits per heavy atom. The van der Waals surface area contributed by atoms with Gasteiger partial charge in [0.05, 0.1) is 9.72 Å². The summed E-state index contributed by atoms with van der Waals surface area (Å²) in [6, 6.07) is 2.85. The zero-order chi connectivity index (χ0) is 14.1. The molecule has 0 fully saturated rings. The predicted octanol–water partition coefficient (Wildman–Crippen LogP) is 1.67. The van der Waals surface area contributed by atoms with Crippen molar-refractivity contribution in [2.24, 2.45) is 5.14 Å². The maximum Gasteiger partial charge on any atom is 0.238 e. The number of nitrogens with one attached hydrogen (secondary N) is 1. The highest BCUT2D eigenvalue weighted by atomic mass is 79.9. The monoisotopic (exact) mass is 334 g/mol. The fourth-order valence-corrected chi connectivity index (χ4v) is 2.09. The van der Waals surface area contributed by atoms with Gasteiger partial charge in [-0.1, -0.05) is 15.9 Å². The fourth-order valence-electron chi connectivity index (χ4n) is 1.35. The number of hydrogen-bond donors (Lipinski definition) is 2. The summed E-state index contributed by atoms with van der Waals surface area (Å²) in [4.78, 5) is 11.2. The molecule has 5 nitrogen and oxygen atoms in total. The first-order valence-corrected chi connectivity index (χ1v) is 7.68. The molecule has 1 unspecified atom stereocenters. The summed E-state index contributed by atoms with van der Waals surface area (Å²) in [6.45, 7) is 5.25. The van der Waals surface area contributed by atoms with Crippen LogP contribution in [0.2, 0.25) is 0 Å². The van der Waals surface area contributed by atoms with Gasteiger partial charge in [-0.2, -0.15) is 0 Å². The second-order valence-corrected chi connectivity index (χ2v) is 7.00. The van der Waals surface area contributed by atoms with Crippen molar-refractivity contribution in [1.82, 2.24) is 0 Å². The van der Waals surface area contributed by atoms with Crippen molar-refractivity contribution in [3.05, 3.63) is 23.3 Å². The maximum absolute atomic E-state index is 11.6. The lowest BCUT2D eigenvalue weighted by molar-refractivity contribution is -0.115. The summed E-state index contributed by atoms with van der Waals surface area (Å²) in [6.07, 6.45) is 0. The molecule has 1 aromatic carbocycles. The number of hydrogen-bond acceptors (Lipinski definition) is 3. The molecule has 0 aliphatic rings. The van der Waals surface area contributed by atoms with Crippen molar-refractivity contribution < 1.29 is 13.2 Å². The minimum absolute atomic E-state index is 0.0110. The number of carbonyl (C=O) groups excluding carboxylic acids is 1. The van der Waals surface area contributed by atoms with Crippen LogP contribution in [-0.4, -0.2) is 19.2 Å². The van der Waals surface area contributed by atoms with E-state index >= 15 is 0 Å². The van der Waals surface area contributed by atoms with Gasteiger partial charge in [0.1, 0.15) is 0 Å². The van der Waals surface area contributed by atoms with E-state index in [9.17, 15) is 13.2 Å². The second kappa shape index (κ2) is 5.38. The summed E-state index contributed by atoms with van der Waals surface area (Å²) in [5.41, 5.74) is 2.01. The van der Waals surface area contributed by atoms with Gasteiger partial charge in [-0.05, 0) is 44.0 Å². The third-order valence-electron chi connectivity index (χ3n) is 2.59. The van der Waals surface area contributed by atoms with Gasteiger partial charge in [0.15, 0.2) is 0 Å². The average Bonchev–Trinajstić information content (AvgIpc) is 2.22. The highest BCUT2D eigenvalue weighted by Gasteiger charge is 2.15. The molecule has 7 heteroatoms. The van der Waals surface area contributed by atoms with E-state index in [1.807, 2.05) is 0 Å². The molecule has 0 spiro atoms. The van der Waals surface area contributed by atoms with Crippen LogP contribution in [0, 0.1) is 13.8 Å². The molecule has 0 saturated heterocycles. The Hall–Kier alpha value is -0.920. The number of carbonyl (C=O) groups is 1. The number of anilines is 1. The Kier molecular flexibility index (Phi) is 4.52. The van der Waals surface area contributed by atoms with Gasteiger partial charge < -0.3 is 5.32 Å². The van der Waals surface area contributed by atoms with Crippen molar-refractivity contribution >= 4 is 37.5 Å². The predicted molar refractivity (Wildman–Crippen MR) is 74.3 cm³/mol. The summed E-state index contributed by atoms with van der Waals surface area (Å²) >= 11 is 3.14. The van der Waals surface area contributed by atoms with Gasteiger partial charge >= 0.3 is 0 Å². The highest BCUT2D eigenvalue weighted by molar-refractivity contribution is 9.10. The van der Waals surface area contributed by atoms with E-state index in [1.165, 1.54) is 12.1 Å². The zero-order valence-corrected chi connectivity index (χ0v) is 12.7. The molecule has 1 atom stereocenters. The molecule has 3 N–H and O–H groups in total. The van der Waals surface area contributed by atoms with Crippen LogP contribution in [0.25, 0.3) is 0 Å². The molecule has 0 aromatic heterocycles. The van der Waals surface area contributed by atoms with Crippen LogP contribution in [0.5, 0.6) is 0 Å². The number of benzene rings is 1. The number of aryl methyl sites for hydroxylation is 1. The Labute approximate surface area is 115 Å². The van der Waals surface area contributed by atoms with Crippen LogP contribution in [0.3, 0.4) is 0 Å². The molecule has 0 bridgehead atoms. The first-order chi connectivity index (χ1) is 8.12. The molecule has 0 heterocycles. The lowest BCUT2D eigenvalue weighted by Crippen LogP contribution is -2.21. The topological polar surface area (TPSA) is 89.3 Å². The summed E-state index contributed by atoms with van der Waals surface area (Å²) in [5.74, 6) is -0.246. The van der Waals surface area contributed by atoms with Gasteiger partial charge in [-0.15, -0.1) is 0 Å². The molecule has 0 saturated carbocycles. The number of amides is 1. The normalized spacial score (nSPS) is 13.2.